The van der Waals surface area contributed by atoms with Gasteiger partial charge in [0, 0.05) is 24.4 Å². The summed E-state index contributed by atoms with van der Waals surface area (Å²) < 4.78 is 36.9. The van der Waals surface area contributed by atoms with Crippen molar-refractivity contribution in [3.63, 3.8) is 0 Å². The van der Waals surface area contributed by atoms with Gasteiger partial charge in [-0.1, -0.05) is 6.07 Å². The molecule has 0 aliphatic carbocycles. The maximum Gasteiger partial charge on any atom is 0.401 e. The van der Waals surface area contributed by atoms with E-state index in [0.717, 1.165) is 18.5 Å². The van der Waals surface area contributed by atoms with Gasteiger partial charge in [-0.25, -0.2) is 0 Å². The van der Waals surface area contributed by atoms with E-state index in [1.165, 1.54) is 4.90 Å². The van der Waals surface area contributed by atoms with E-state index in [1.807, 2.05) is 18.2 Å². The van der Waals surface area contributed by atoms with Gasteiger partial charge in [0.1, 0.15) is 0 Å². The molecule has 0 spiro atoms. The fourth-order valence-electron chi connectivity index (χ4n) is 2.31. The summed E-state index contributed by atoms with van der Waals surface area (Å²) in [5, 5.41) is 0. The Labute approximate surface area is 98.5 Å². The van der Waals surface area contributed by atoms with Crippen LogP contribution in [-0.2, 0) is 0 Å². The predicted molar refractivity (Wildman–Crippen MR) is 58.7 cm³/mol. The summed E-state index contributed by atoms with van der Waals surface area (Å²) in [5.41, 5.74) is 0.902. The highest BCUT2D eigenvalue weighted by Gasteiger charge is 2.33. The third-order valence-corrected chi connectivity index (χ3v) is 3.01. The molecule has 1 aliphatic rings. The average Bonchev–Trinajstić information content (AvgIpc) is 2.28. The van der Waals surface area contributed by atoms with Crippen LogP contribution in [0.4, 0.5) is 13.2 Å². The lowest BCUT2D eigenvalue weighted by Crippen LogP contribution is -2.40. The Morgan fingerprint density at radius 3 is 2.82 bits per heavy atom. The van der Waals surface area contributed by atoms with Crippen molar-refractivity contribution in [3.05, 3.63) is 30.1 Å². The number of rotatable bonds is 2. The van der Waals surface area contributed by atoms with Crippen LogP contribution in [0.5, 0.6) is 0 Å². The molecule has 1 atom stereocenters. The molecule has 94 valence electrons. The summed E-state index contributed by atoms with van der Waals surface area (Å²) in [4.78, 5) is 5.70. The monoisotopic (exact) mass is 244 g/mol. The highest BCUT2D eigenvalue weighted by atomic mass is 19.4. The van der Waals surface area contributed by atoms with Crippen molar-refractivity contribution in [1.29, 1.82) is 0 Å². The molecule has 5 heteroatoms. The molecule has 0 radical (unpaired) electrons. The van der Waals surface area contributed by atoms with Gasteiger partial charge in [-0.3, -0.25) is 9.88 Å². The van der Waals surface area contributed by atoms with Crippen molar-refractivity contribution in [2.75, 3.05) is 19.6 Å². The van der Waals surface area contributed by atoms with Crippen LogP contribution in [-0.4, -0.2) is 35.7 Å². The predicted octanol–water partition coefficient (Wildman–Crippen LogP) is 2.82. The van der Waals surface area contributed by atoms with Crippen LogP contribution in [0.2, 0.25) is 0 Å². The number of nitrogens with zero attached hydrogens (tertiary/aromatic N) is 2. The summed E-state index contributed by atoms with van der Waals surface area (Å²) in [6.45, 7) is 0.176. The number of pyridine rings is 1. The second-order valence-electron chi connectivity index (χ2n) is 4.44. The van der Waals surface area contributed by atoms with E-state index in [2.05, 4.69) is 4.98 Å². The summed E-state index contributed by atoms with van der Waals surface area (Å²) in [5.74, 6) is 0.132. The average molecular weight is 244 g/mol. The molecule has 1 unspecified atom stereocenters. The van der Waals surface area contributed by atoms with Crippen molar-refractivity contribution in [2.45, 2.75) is 24.9 Å². The number of halogens is 3. The molecule has 1 aliphatic heterocycles. The third kappa shape index (κ3) is 3.70. The number of likely N-dealkylation sites (tertiary alicyclic amines) is 1. The maximum atomic E-state index is 12.3. The lowest BCUT2D eigenvalue weighted by atomic mass is 9.94. The second-order valence-corrected chi connectivity index (χ2v) is 4.44. The van der Waals surface area contributed by atoms with Crippen LogP contribution in [0.15, 0.2) is 24.4 Å². The molecule has 1 fully saturated rings. The smallest absolute Gasteiger partial charge is 0.294 e. The Bertz CT molecular complexity index is 351. The number of piperidine rings is 1. The van der Waals surface area contributed by atoms with Gasteiger partial charge in [0.15, 0.2) is 0 Å². The molecule has 1 aromatic rings. The number of aromatic nitrogens is 1. The molecule has 2 rings (SSSR count). The summed E-state index contributed by atoms with van der Waals surface area (Å²) >= 11 is 0. The zero-order valence-corrected chi connectivity index (χ0v) is 9.45. The van der Waals surface area contributed by atoms with Gasteiger partial charge in [-0.2, -0.15) is 13.2 Å². The Morgan fingerprint density at radius 1 is 1.35 bits per heavy atom. The van der Waals surface area contributed by atoms with Crippen molar-refractivity contribution in [2.24, 2.45) is 0 Å². The highest BCUT2D eigenvalue weighted by molar-refractivity contribution is 5.10. The van der Waals surface area contributed by atoms with E-state index in [9.17, 15) is 13.2 Å². The van der Waals surface area contributed by atoms with Crippen LogP contribution in [0.1, 0.15) is 24.5 Å². The van der Waals surface area contributed by atoms with Gasteiger partial charge in [0.2, 0.25) is 0 Å². The largest absolute Gasteiger partial charge is 0.401 e. The summed E-state index contributed by atoms with van der Waals surface area (Å²) in [7, 11) is 0. The van der Waals surface area contributed by atoms with Crippen molar-refractivity contribution < 1.29 is 13.2 Å². The molecule has 0 bridgehead atoms. The maximum absolute atomic E-state index is 12.3. The topological polar surface area (TPSA) is 16.1 Å². The Balaban J connectivity index is 1.98. The fourth-order valence-corrected chi connectivity index (χ4v) is 2.31. The molecule has 2 heterocycles. The van der Waals surface area contributed by atoms with Gasteiger partial charge in [-0.15, -0.1) is 0 Å². The van der Waals surface area contributed by atoms with E-state index in [-0.39, 0.29) is 5.92 Å². The second kappa shape index (κ2) is 5.04. The van der Waals surface area contributed by atoms with Gasteiger partial charge < -0.3 is 0 Å². The van der Waals surface area contributed by atoms with Crippen LogP contribution in [0.3, 0.4) is 0 Å². The van der Waals surface area contributed by atoms with E-state index in [1.54, 1.807) is 6.20 Å². The first-order chi connectivity index (χ1) is 8.04. The molecular formula is C12H15F3N2. The van der Waals surface area contributed by atoms with E-state index in [4.69, 9.17) is 0 Å². The molecule has 1 saturated heterocycles. The normalized spacial score (nSPS) is 22.6. The van der Waals surface area contributed by atoms with E-state index in [0.29, 0.717) is 13.1 Å². The van der Waals surface area contributed by atoms with Gasteiger partial charge in [-0.05, 0) is 31.5 Å². The molecule has 0 amide bonds. The standard InChI is InChI=1S/C12H15F3N2/c13-12(14,15)9-17-7-3-4-10(8-17)11-5-1-2-6-16-11/h1-2,5-6,10H,3-4,7-9H2. The van der Waals surface area contributed by atoms with Crippen LogP contribution in [0, 0.1) is 0 Å². The molecule has 0 saturated carbocycles. The third-order valence-electron chi connectivity index (χ3n) is 3.01. The molecular weight excluding hydrogens is 229 g/mol. The van der Waals surface area contributed by atoms with Crippen LogP contribution in [0.25, 0.3) is 0 Å². The van der Waals surface area contributed by atoms with Gasteiger partial charge in [0.25, 0.3) is 0 Å². The molecule has 1 aromatic heterocycles. The Kier molecular flexibility index (Phi) is 3.66. The lowest BCUT2D eigenvalue weighted by molar-refractivity contribution is -0.148. The first kappa shape index (κ1) is 12.4. The first-order valence-electron chi connectivity index (χ1n) is 5.74. The molecule has 17 heavy (non-hydrogen) atoms. The van der Waals surface area contributed by atoms with E-state index < -0.39 is 12.7 Å². The fraction of sp³-hybridized carbons (Fsp3) is 0.583. The van der Waals surface area contributed by atoms with Gasteiger partial charge >= 0.3 is 6.18 Å². The van der Waals surface area contributed by atoms with Gasteiger partial charge in [0.05, 0.1) is 6.54 Å². The van der Waals surface area contributed by atoms with Crippen molar-refractivity contribution in [3.8, 4) is 0 Å². The van der Waals surface area contributed by atoms with Crippen LogP contribution >= 0.6 is 0 Å². The SMILES string of the molecule is FC(F)(F)CN1CCCC(c2ccccn2)C1. The summed E-state index contributed by atoms with van der Waals surface area (Å²) in [6, 6.07) is 5.59. The van der Waals surface area contributed by atoms with Crippen molar-refractivity contribution in [1.82, 2.24) is 9.88 Å². The van der Waals surface area contributed by atoms with E-state index >= 15 is 0 Å². The van der Waals surface area contributed by atoms with Crippen LogP contribution < -0.4 is 0 Å². The number of hydrogen-bond donors (Lipinski definition) is 0. The Morgan fingerprint density at radius 2 is 2.18 bits per heavy atom. The minimum absolute atomic E-state index is 0.132. The Hall–Kier alpha value is -1.10. The molecule has 0 aromatic carbocycles. The number of alkyl halides is 3. The zero-order chi connectivity index (χ0) is 12.3. The van der Waals surface area contributed by atoms with Crippen molar-refractivity contribution >= 4 is 0 Å². The summed E-state index contributed by atoms with van der Waals surface area (Å²) in [6.07, 6.45) is -0.688. The quantitative estimate of drug-likeness (QED) is 0.795. The lowest BCUT2D eigenvalue weighted by Gasteiger charge is -2.32. The minimum Gasteiger partial charge on any atom is -0.294 e. The minimum atomic E-state index is -4.11. The number of hydrogen-bond acceptors (Lipinski definition) is 2. The highest BCUT2D eigenvalue weighted by Crippen LogP contribution is 2.27. The molecule has 2 nitrogen and oxygen atoms in total. The zero-order valence-electron chi connectivity index (χ0n) is 9.45. The molecule has 0 N–H and O–H groups in total. The first-order valence-corrected chi connectivity index (χ1v) is 5.74.